The van der Waals surface area contributed by atoms with Crippen LogP contribution in [0.15, 0.2) is 16.7 Å². The van der Waals surface area contributed by atoms with Gasteiger partial charge in [-0.2, -0.15) is 4.98 Å². The summed E-state index contributed by atoms with van der Waals surface area (Å²) in [7, 11) is 1.82. The van der Waals surface area contributed by atoms with Crippen LogP contribution in [-0.4, -0.2) is 47.3 Å². The number of carboxylic acid groups (broad SMARTS) is 1. The van der Waals surface area contributed by atoms with Gasteiger partial charge in [-0.25, -0.2) is 9.67 Å². The maximum Gasteiger partial charge on any atom is 0.306 e. The third-order valence-electron chi connectivity index (χ3n) is 6.49. The number of aromatic nitrogens is 6. The predicted molar refractivity (Wildman–Crippen MR) is 128 cm³/mol. The molecule has 0 amide bonds. The summed E-state index contributed by atoms with van der Waals surface area (Å²) in [5.74, 6) is 0.830. The molecular formula is C24H33N7O4. The van der Waals surface area contributed by atoms with Gasteiger partial charge in [0, 0.05) is 13.0 Å². The van der Waals surface area contributed by atoms with Gasteiger partial charge < -0.3 is 19.7 Å². The number of aliphatic carboxylic acids is 1. The van der Waals surface area contributed by atoms with Crippen molar-refractivity contribution in [2.45, 2.75) is 77.9 Å². The molecule has 11 nitrogen and oxygen atoms in total. The average Bonchev–Trinajstić information content (AvgIpc) is 3.46. The molecule has 1 aliphatic carbocycles. The molecular weight excluding hydrogens is 450 g/mol. The van der Waals surface area contributed by atoms with E-state index < -0.39 is 5.97 Å². The molecule has 188 valence electrons. The van der Waals surface area contributed by atoms with E-state index in [0.29, 0.717) is 48.4 Å². The van der Waals surface area contributed by atoms with Gasteiger partial charge in [0.25, 0.3) is 5.95 Å². The predicted octanol–water partition coefficient (Wildman–Crippen LogP) is 4.11. The Morgan fingerprint density at radius 2 is 2.17 bits per heavy atom. The topological polar surface area (TPSA) is 141 Å². The molecule has 2 N–H and O–H groups in total. The first-order valence-corrected chi connectivity index (χ1v) is 12.2. The molecule has 0 spiro atoms. The summed E-state index contributed by atoms with van der Waals surface area (Å²) in [4.78, 5) is 20.5. The first-order valence-electron chi connectivity index (χ1n) is 12.2. The quantitative estimate of drug-likeness (QED) is 0.433. The van der Waals surface area contributed by atoms with Gasteiger partial charge in [0.1, 0.15) is 11.4 Å². The SMILES string of the molecule is CCCC(C)c1nc(NCc2c(-c3ccc(O[C@H]4CCC[C@H](C(=O)O)C4)c(C)n3)nnn2C)no1. The van der Waals surface area contributed by atoms with Crippen LogP contribution < -0.4 is 10.1 Å². The van der Waals surface area contributed by atoms with Crippen LogP contribution in [0.5, 0.6) is 5.75 Å². The fourth-order valence-electron chi connectivity index (χ4n) is 4.46. The van der Waals surface area contributed by atoms with Crippen LogP contribution in [0.1, 0.15) is 75.6 Å². The molecule has 35 heavy (non-hydrogen) atoms. The molecule has 1 fully saturated rings. The van der Waals surface area contributed by atoms with Crippen LogP contribution in [0.25, 0.3) is 11.4 Å². The van der Waals surface area contributed by atoms with Crippen molar-refractivity contribution in [2.24, 2.45) is 13.0 Å². The molecule has 0 aromatic carbocycles. The van der Waals surface area contributed by atoms with Crippen LogP contribution in [0, 0.1) is 12.8 Å². The third kappa shape index (κ3) is 5.77. The summed E-state index contributed by atoms with van der Waals surface area (Å²) < 4.78 is 13.2. The van der Waals surface area contributed by atoms with Gasteiger partial charge in [-0.05, 0) is 56.3 Å². The second kappa shape index (κ2) is 10.8. The summed E-state index contributed by atoms with van der Waals surface area (Å²) in [5, 5.41) is 25.0. The number of nitrogens with zero attached hydrogens (tertiary/aromatic N) is 6. The van der Waals surface area contributed by atoms with E-state index in [1.54, 1.807) is 4.68 Å². The molecule has 1 saturated carbocycles. The average molecular weight is 484 g/mol. The monoisotopic (exact) mass is 483 g/mol. The summed E-state index contributed by atoms with van der Waals surface area (Å²) >= 11 is 0. The van der Waals surface area contributed by atoms with Crippen molar-refractivity contribution in [3.63, 3.8) is 0 Å². The number of aryl methyl sites for hydroxylation is 2. The van der Waals surface area contributed by atoms with E-state index in [-0.39, 0.29) is 17.9 Å². The number of nitrogens with one attached hydrogen (secondary N) is 1. The Morgan fingerprint density at radius 1 is 1.34 bits per heavy atom. The van der Waals surface area contributed by atoms with Crippen LogP contribution >= 0.6 is 0 Å². The van der Waals surface area contributed by atoms with E-state index in [4.69, 9.17) is 14.2 Å². The molecule has 1 unspecified atom stereocenters. The standard InChI is InChI=1S/C24H33N7O4/c1-5-7-14(2)22-27-24(29-35-22)25-13-19-21(28-30-31(19)4)18-10-11-20(15(3)26-18)34-17-9-6-8-16(12-17)23(32)33/h10-11,14,16-17H,5-9,12-13H2,1-4H3,(H,25,29)(H,32,33)/t14?,16-,17-/m0/s1. The number of carboxylic acids is 1. The highest BCUT2D eigenvalue weighted by atomic mass is 16.5. The summed E-state index contributed by atoms with van der Waals surface area (Å²) in [6, 6.07) is 3.72. The molecule has 3 heterocycles. The third-order valence-corrected chi connectivity index (χ3v) is 6.49. The zero-order chi connectivity index (χ0) is 24.9. The van der Waals surface area contributed by atoms with E-state index in [2.05, 4.69) is 39.6 Å². The number of rotatable bonds is 10. The molecule has 3 aromatic rings. The van der Waals surface area contributed by atoms with Crippen molar-refractivity contribution >= 4 is 11.9 Å². The molecule has 4 rings (SSSR count). The lowest BCUT2D eigenvalue weighted by atomic mass is 9.87. The second-order valence-electron chi connectivity index (χ2n) is 9.23. The molecule has 0 bridgehead atoms. The highest BCUT2D eigenvalue weighted by molar-refractivity contribution is 5.70. The number of pyridine rings is 1. The zero-order valence-electron chi connectivity index (χ0n) is 20.7. The Morgan fingerprint density at radius 3 is 2.91 bits per heavy atom. The largest absolute Gasteiger partial charge is 0.489 e. The minimum atomic E-state index is -0.750. The Labute approximate surface area is 204 Å². The number of hydrogen-bond donors (Lipinski definition) is 2. The number of hydrogen-bond acceptors (Lipinski definition) is 9. The second-order valence-corrected chi connectivity index (χ2v) is 9.23. The highest BCUT2D eigenvalue weighted by Gasteiger charge is 2.28. The number of carbonyl (C=O) groups is 1. The van der Waals surface area contributed by atoms with Crippen molar-refractivity contribution in [1.82, 2.24) is 30.1 Å². The maximum atomic E-state index is 11.4. The van der Waals surface area contributed by atoms with Crippen LogP contribution in [-0.2, 0) is 18.4 Å². The first kappa shape index (κ1) is 24.6. The first-order chi connectivity index (χ1) is 16.9. The smallest absolute Gasteiger partial charge is 0.306 e. The summed E-state index contributed by atoms with van der Waals surface area (Å²) in [6.45, 7) is 6.48. The van der Waals surface area contributed by atoms with Crippen molar-refractivity contribution in [3.05, 3.63) is 29.4 Å². The van der Waals surface area contributed by atoms with Gasteiger partial charge in [-0.1, -0.05) is 25.5 Å². The van der Waals surface area contributed by atoms with Crippen molar-refractivity contribution < 1.29 is 19.2 Å². The van der Waals surface area contributed by atoms with E-state index >= 15 is 0 Å². The van der Waals surface area contributed by atoms with Crippen LogP contribution in [0.3, 0.4) is 0 Å². The maximum absolute atomic E-state index is 11.4. The van der Waals surface area contributed by atoms with E-state index in [9.17, 15) is 9.90 Å². The normalized spacial score (nSPS) is 18.9. The highest BCUT2D eigenvalue weighted by Crippen LogP contribution is 2.30. The summed E-state index contributed by atoms with van der Waals surface area (Å²) in [5.41, 5.74) is 2.88. The van der Waals surface area contributed by atoms with Crippen molar-refractivity contribution in [1.29, 1.82) is 0 Å². The fourth-order valence-corrected chi connectivity index (χ4v) is 4.46. The van der Waals surface area contributed by atoms with Crippen LogP contribution in [0.4, 0.5) is 5.95 Å². The van der Waals surface area contributed by atoms with Crippen molar-refractivity contribution in [2.75, 3.05) is 5.32 Å². The van der Waals surface area contributed by atoms with Gasteiger partial charge in [0.05, 0.1) is 35.6 Å². The molecule has 3 atom stereocenters. The summed E-state index contributed by atoms with van der Waals surface area (Å²) in [6.07, 6.45) is 4.84. The number of ether oxygens (including phenoxy) is 1. The molecule has 0 radical (unpaired) electrons. The van der Waals surface area contributed by atoms with Gasteiger partial charge >= 0.3 is 5.97 Å². The van der Waals surface area contributed by atoms with Gasteiger partial charge in [-0.15, -0.1) is 5.10 Å². The molecule has 3 aromatic heterocycles. The Kier molecular flexibility index (Phi) is 7.62. The lowest BCUT2D eigenvalue weighted by Gasteiger charge is -2.27. The van der Waals surface area contributed by atoms with Crippen molar-refractivity contribution in [3.8, 4) is 17.1 Å². The zero-order valence-corrected chi connectivity index (χ0v) is 20.7. The fraction of sp³-hybridized carbons (Fsp3) is 0.583. The Bertz CT molecular complexity index is 1160. The minimum Gasteiger partial charge on any atom is -0.489 e. The van der Waals surface area contributed by atoms with Crippen LogP contribution in [0.2, 0.25) is 0 Å². The van der Waals surface area contributed by atoms with Gasteiger partial charge in [-0.3, -0.25) is 4.79 Å². The molecule has 0 aliphatic heterocycles. The Balaban J connectivity index is 1.44. The molecule has 11 heteroatoms. The number of anilines is 1. The van der Waals surface area contributed by atoms with E-state index in [1.165, 1.54) is 0 Å². The molecule has 0 saturated heterocycles. The van der Waals surface area contributed by atoms with E-state index in [0.717, 1.165) is 37.1 Å². The van der Waals surface area contributed by atoms with Gasteiger partial charge in [0.15, 0.2) is 0 Å². The minimum absolute atomic E-state index is 0.118. The lowest BCUT2D eigenvalue weighted by Crippen LogP contribution is -2.29. The Hall–Kier alpha value is -3.50. The van der Waals surface area contributed by atoms with Gasteiger partial charge in [0.2, 0.25) is 5.89 Å². The lowest BCUT2D eigenvalue weighted by molar-refractivity contribution is -0.143. The van der Waals surface area contributed by atoms with E-state index in [1.807, 2.05) is 26.1 Å². The molecule has 1 aliphatic rings.